The second-order valence-electron chi connectivity index (χ2n) is 8.42. The number of carbonyl (C=O) groups excluding carboxylic acids is 4. The van der Waals surface area contributed by atoms with Crippen molar-refractivity contribution in [1.29, 1.82) is 0 Å². The Bertz CT molecular complexity index is 968. The average molecular weight is 554 g/mol. The molecule has 0 fully saturated rings. The molecule has 1 atom stereocenters. The summed E-state index contributed by atoms with van der Waals surface area (Å²) in [7, 11) is 4.24. The third kappa shape index (κ3) is 12.8. The first kappa shape index (κ1) is 32.2. The summed E-state index contributed by atoms with van der Waals surface area (Å²) >= 11 is 0. The third-order valence-corrected chi connectivity index (χ3v) is 7.54. The number of hydrogen-bond donors (Lipinski definition) is 3. The van der Waals surface area contributed by atoms with Crippen LogP contribution in [0.25, 0.3) is 0 Å². The Hall–Kier alpha value is -2.86. The van der Waals surface area contributed by atoms with Gasteiger partial charge in [0.1, 0.15) is 5.03 Å². The summed E-state index contributed by atoms with van der Waals surface area (Å²) in [6.45, 7) is 5.14. The van der Waals surface area contributed by atoms with Gasteiger partial charge in [0.25, 0.3) is 0 Å². The van der Waals surface area contributed by atoms with Crippen molar-refractivity contribution in [3.63, 3.8) is 0 Å². The fraction of sp³-hybridized carbons (Fsp3) is 0.520. The minimum atomic E-state index is -1.29. The van der Waals surface area contributed by atoms with Crippen LogP contribution in [0.2, 0.25) is 0 Å². The van der Waals surface area contributed by atoms with Crippen LogP contribution < -0.4 is 10.6 Å². The third-order valence-electron chi connectivity index (χ3n) is 5.27. The lowest BCUT2D eigenvalue weighted by atomic mass is 9.95. The molecule has 0 saturated heterocycles. The van der Waals surface area contributed by atoms with Crippen LogP contribution >= 0.6 is 21.6 Å². The molecule has 3 N–H and O–H groups in total. The number of nitrogens with one attached hydrogen (secondary N) is 2. The number of aromatic nitrogens is 1. The van der Waals surface area contributed by atoms with Crippen LogP contribution in [0, 0.1) is 5.92 Å². The Morgan fingerprint density at radius 3 is 2.41 bits per heavy atom. The lowest BCUT2D eigenvalue weighted by Gasteiger charge is -2.22. The zero-order valence-corrected chi connectivity index (χ0v) is 23.2. The van der Waals surface area contributed by atoms with Gasteiger partial charge < -0.3 is 20.5 Å². The van der Waals surface area contributed by atoms with E-state index in [0.717, 1.165) is 5.03 Å². The highest BCUT2D eigenvalue weighted by molar-refractivity contribution is 8.76. The van der Waals surface area contributed by atoms with Crippen molar-refractivity contribution < 1.29 is 33.8 Å². The zero-order chi connectivity index (χ0) is 27.8. The summed E-state index contributed by atoms with van der Waals surface area (Å²) in [5, 5.41) is 15.6. The number of pyridine rings is 1. The lowest BCUT2D eigenvalue weighted by Crippen LogP contribution is -2.45. The summed E-state index contributed by atoms with van der Waals surface area (Å²) in [5.74, 6) is -2.52. The number of aliphatic carboxylic acids is 1. The van der Waals surface area contributed by atoms with E-state index in [1.54, 1.807) is 20.0 Å². The minimum Gasteiger partial charge on any atom is -0.478 e. The van der Waals surface area contributed by atoms with E-state index in [4.69, 9.17) is 0 Å². The van der Waals surface area contributed by atoms with Crippen LogP contribution in [-0.4, -0.2) is 65.1 Å². The molecule has 0 aromatic carbocycles. The minimum absolute atomic E-state index is 0.0808. The van der Waals surface area contributed by atoms with Gasteiger partial charge in [0.15, 0.2) is 5.78 Å². The molecule has 204 valence electrons. The molecule has 0 bridgehead atoms. The molecule has 0 aliphatic rings. The number of ether oxygens (including phenoxy) is 1. The number of hydrogen-bond acceptors (Lipinski definition) is 9. The maximum Gasteiger partial charge on any atom is 0.331 e. The Morgan fingerprint density at radius 1 is 1.08 bits per heavy atom. The van der Waals surface area contributed by atoms with Gasteiger partial charge in [-0.2, -0.15) is 0 Å². The molecule has 0 spiro atoms. The van der Waals surface area contributed by atoms with Crippen LogP contribution in [0.3, 0.4) is 0 Å². The maximum atomic E-state index is 12.8. The van der Waals surface area contributed by atoms with Crippen molar-refractivity contribution in [3.05, 3.63) is 35.5 Å². The molecule has 1 heterocycles. The van der Waals surface area contributed by atoms with Crippen LogP contribution in [0.15, 0.2) is 40.6 Å². The second kappa shape index (κ2) is 17.6. The van der Waals surface area contributed by atoms with Crippen molar-refractivity contribution in [2.24, 2.45) is 5.92 Å². The van der Waals surface area contributed by atoms with Crippen molar-refractivity contribution in [2.45, 2.75) is 63.9 Å². The zero-order valence-electron chi connectivity index (χ0n) is 21.6. The van der Waals surface area contributed by atoms with E-state index in [1.165, 1.54) is 35.6 Å². The van der Waals surface area contributed by atoms with Crippen molar-refractivity contribution in [3.8, 4) is 0 Å². The first-order chi connectivity index (χ1) is 17.6. The van der Waals surface area contributed by atoms with Crippen molar-refractivity contribution >= 4 is 51.1 Å². The van der Waals surface area contributed by atoms with Gasteiger partial charge in [-0.25, -0.2) is 9.78 Å². The van der Waals surface area contributed by atoms with E-state index in [0.29, 0.717) is 25.1 Å². The molecule has 1 aromatic heterocycles. The highest BCUT2D eigenvalue weighted by atomic mass is 33.1. The monoisotopic (exact) mass is 553 g/mol. The Labute approximate surface area is 225 Å². The van der Waals surface area contributed by atoms with E-state index >= 15 is 0 Å². The number of ketones is 1. The van der Waals surface area contributed by atoms with E-state index in [2.05, 4.69) is 20.4 Å². The molecule has 37 heavy (non-hydrogen) atoms. The number of amides is 2. The number of carbonyl (C=O) groups is 5. The van der Waals surface area contributed by atoms with Gasteiger partial charge in [0, 0.05) is 48.9 Å². The molecule has 10 nitrogen and oxygen atoms in total. The topological polar surface area (TPSA) is 152 Å². The summed E-state index contributed by atoms with van der Waals surface area (Å²) < 4.78 is 4.57. The largest absolute Gasteiger partial charge is 0.478 e. The molecular formula is C25H35N3O7S2. The molecule has 0 radical (unpaired) electrons. The molecule has 1 aromatic rings. The van der Waals surface area contributed by atoms with E-state index in [1.807, 2.05) is 18.2 Å². The highest BCUT2D eigenvalue weighted by Gasteiger charge is 2.27. The smallest absolute Gasteiger partial charge is 0.331 e. The van der Waals surface area contributed by atoms with Crippen LogP contribution in [0.1, 0.15) is 52.9 Å². The van der Waals surface area contributed by atoms with Gasteiger partial charge in [-0.1, -0.05) is 30.7 Å². The summed E-state index contributed by atoms with van der Waals surface area (Å²) in [6, 6.07) is 4.80. The first-order valence-electron chi connectivity index (χ1n) is 11.9. The van der Waals surface area contributed by atoms with Crippen LogP contribution in [0.5, 0.6) is 0 Å². The van der Waals surface area contributed by atoms with E-state index in [-0.39, 0.29) is 48.0 Å². The predicted molar refractivity (Wildman–Crippen MR) is 143 cm³/mol. The van der Waals surface area contributed by atoms with Gasteiger partial charge in [-0.15, -0.1) is 0 Å². The molecule has 0 saturated carbocycles. The van der Waals surface area contributed by atoms with Crippen LogP contribution in [-0.2, 0) is 28.7 Å². The molecule has 0 aliphatic carbocycles. The Kier molecular flexibility index (Phi) is 15.3. The molecule has 0 aliphatic heterocycles. The van der Waals surface area contributed by atoms with Gasteiger partial charge >= 0.3 is 11.9 Å². The first-order valence-corrected chi connectivity index (χ1v) is 14.2. The van der Waals surface area contributed by atoms with Gasteiger partial charge in [-0.05, 0) is 48.6 Å². The fourth-order valence-corrected chi connectivity index (χ4v) is 5.01. The quantitative estimate of drug-likeness (QED) is 0.113. The van der Waals surface area contributed by atoms with Gasteiger partial charge in [0.2, 0.25) is 11.8 Å². The maximum absolute atomic E-state index is 12.8. The fourth-order valence-electron chi connectivity index (χ4n) is 3.14. The van der Waals surface area contributed by atoms with Gasteiger partial charge in [0.05, 0.1) is 13.2 Å². The molecule has 12 heteroatoms. The number of esters is 1. The van der Waals surface area contributed by atoms with Crippen molar-refractivity contribution in [2.75, 3.05) is 19.4 Å². The highest BCUT2D eigenvalue weighted by Crippen LogP contribution is 2.29. The summed E-state index contributed by atoms with van der Waals surface area (Å²) in [6.07, 6.45) is 2.30. The second-order valence-corrected chi connectivity index (χ2v) is 10.9. The number of rotatable bonds is 17. The lowest BCUT2D eigenvalue weighted by molar-refractivity contribution is -0.140. The molecular weight excluding hydrogens is 518 g/mol. The van der Waals surface area contributed by atoms with Crippen molar-refractivity contribution in [1.82, 2.24) is 15.6 Å². The number of carboxylic acid groups (broad SMARTS) is 1. The number of carboxylic acids is 1. The number of nitrogens with zero attached hydrogens (tertiary/aromatic N) is 1. The summed E-state index contributed by atoms with van der Waals surface area (Å²) in [4.78, 5) is 64.8. The van der Waals surface area contributed by atoms with E-state index < -0.39 is 23.9 Å². The Morgan fingerprint density at radius 2 is 1.81 bits per heavy atom. The SMILES string of the molecule is COC(=O)CC/C(C(=O)N[C@H](C(=O)CCCNC(=O)CCSSc1ccccn1)C(C)C)=C(\C)C(=O)O. The van der Waals surface area contributed by atoms with Gasteiger partial charge in [-0.3, -0.25) is 19.2 Å². The molecule has 2 amide bonds. The number of Topliss-reactive ketones (excluding diaryl/α,β-unsaturated/α-hetero) is 1. The van der Waals surface area contributed by atoms with E-state index in [9.17, 15) is 29.1 Å². The van der Waals surface area contributed by atoms with Crippen LogP contribution in [0.4, 0.5) is 0 Å². The standard InChI is InChI=1S/C25H35N3O7S2/c1-16(2)23(28-24(32)18(17(3)25(33)34)10-11-22(31)35-4)19(29)8-7-14-26-20(30)12-15-36-37-21-9-5-6-13-27-21/h5-6,9,13,16,23H,7-8,10-12,14-15H2,1-4H3,(H,26,30)(H,28,32)(H,33,34)/b18-17-/t23-/m0/s1. The normalized spacial score (nSPS) is 12.4. The number of methoxy groups -OCH3 is 1. The summed E-state index contributed by atoms with van der Waals surface area (Å²) in [5.41, 5.74) is -0.279. The Balaban J connectivity index is 2.51. The molecule has 1 rings (SSSR count). The average Bonchev–Trinajstić information content (AvgIpc) is 2.87. The molecule has 0 unspecified atom stereocenters. The predicted octanol–water partition coefficient (Wildman–Crippen LogP) is 3.17.